The first kappa shape index (κ1) is 13.9. The summed E-state index contributed by atoms with van der Waals surface area (Å²) >= 11 is 0. The molecule has 0 saturated carbocycles. The molecule has 1 unspecified atom stereocenters. The molecule has 1 aromatic rings. The number of anilines is 1. The van der Waals surface area contributed by atoms with Crippen molar-refractivity contribution >= 4 is 5.82 Å². The van der Waals surface area contributed by atoms with Gasteiger partial charge in [-0.05, 0) is 37.6 Å². The van der Waals surface area contributed by atoms with Crippen LogP contribution in [0.5, 0.6) is 0 Å². The Labute approximate surface area is 104 Å². The Morgan fingerprint density at radius 2 is 2.29 bits per heavy atom. The lowest BCUT2D eigenvalue weighted by Crippen LogP contribution is -2.23. The molecule has 1 aromatic heterocycles. The number of aromatic nitrogens is 1. The Hall–Kier alpha value is -1.13. The van der Waals surface area contributed by atoms with Gasteiger partial charge in [-0.1, -0.05) is 6.92 Å². The van der Waals surface area contributed by atoms with Crippen LogP contribution in [0.1, 0.15) is 31.9 Å². The van der Waals surface area contributed by atoms with E-state index in [2.05, 4.69) is 30.2 Å². The zero-order chi connectivity index (χ0) is 12.7. The van der Waals surface area contributed by atoms with Crippen LogP contribution in [0.15, 0.2) is 18.3 Å². The summed E-state index contributed by atoms with van der Waals surface area (Å²) in [5.41, 5.74) is 1.23. The van der Waals surface area contributed by atoms with E-state index in [9.17, 15) is 0 Å². The van der Waals surface area contributed by atoms with E-state index in [-0.39, 0.29) is 6.61 Å². The van der Waals surface area contributed by atoms with Crippen LogP contribution >= 0.6 is 0 Å². The molecule has 0 fully saturated rings. The second-order valence-corrected chi connectivity index (χ2v) is 4.27. The van der Waals surface area contributed by atoms with Gasteiger partial charge in [-0.25, -0.2) is 4.98 Å². The number of pyridine rings is 1. The van der Waals surface area contributed by atoms with E-state index in [0.717, 1.165) is 18.8 Å². The van der Waals surface area contributed by atoms with E-state index in [1.807, 2.05) is 24.2 Å². The summed E-state index contributed by atoms with van der Waals surface area (Å²) < 4.78 is 0. The van der Waals surface area contributed by atoms with E-state index >= 15 is 0 Å². The fraction of sp³-hybridized carbons (Fsp3) is 0.615. The van der Waals surface area contributed by atoms with Crippen LogP contribution in [0.3, 0.4) is 0 Å². The first-order valence-corrected chi connectivity index (χ1v) is 6.20. The molecule has 1 heterocycles. The Morgan fingerprint density at radius 3 is 2.94 bits per heavy atom. The minimum absolute atomic E-state index is 0.145. The van der Waals surface area contributed by atoms with Crippen molar-refractivity contribution in [3.63, 3.8) is 0 Å². The third kappa shape index (κ3) is 4.32. The van der Waals surface area contributed by atoms with Gasteiger partial charge in [0.05, 0.1) is 6.61 Å². The minimum Gasteiger partial charge on any atom is -0.395 e. The van der Waals surface area contributed by atoms with Crippen LogP contribution in [0.2, 0.25) is 0 Å². The molecule has 96 valence electrons. The SMILES string of the molecule is CCCNC(C)c1ccnc(N(C)CCO)c1. The highest BCUT2D eigenvalue weighted by molar-refractivity contribution is 5.40. The standard InChI is InChI=1S/C13H23N3O/c1-4-6-14-11(2)12-5-7-15-13(10-12)16(3)8-9-17/h5,7,10-11,14,17H,4,6,8-9H2,1-3H3. The summed E-state index contributed by atoms with van der Waals surface area (Å²) in [7, 11) is 1.94. The Kier molecular flexibility index (Phi) is 5.94. The average Bonchev–Trinajstić information content (AvgIpc) is 2.36. The first-order chi connectivity index (χ1) is 8.19. The number of aliphatic hydroxyl groups excluding tert-OH is 1. The zero-order valence-electron chi connectivity index (χ0n) is 11.0. The van der Waals surface area contributed by atoms with Crippen LogP contribution in [0.4, 0.5) is 5.82 Å². The predicted octanol–water partition coefficient (Wildman–Crippen LogP) is 1.57. The quantitative estimate of drug-likeness (QED) is 0.756. The van der Waals surface area contributed by atoms with Crippen LogP contribution in [-0.2, 0) is 0 Å². The predicted molar refractivity (Wildman–Crippen MR) is 71.3 cm³/mol. The number of nitrogens with zero attached hydrogens (tertiary/aromatic N) is 2. The Morgan fingerprint density at radius 1 is 1.53 bits per heavy atom. The lowest BCUT2D eigenvalue weighted by Gasteiger charge is -2.19. The fourth-order valence-corrected chi connectivity index (χ4v) is 1.66. The lowest BCUT2D eigenvalue weighted by molar-refractivity contribution is 0.304. The van der Waals surface area contributed by atoms with E-state index in [1.54, 1.807) is 0 Å². The molecular formula is C13H23N3O. The van der Waals surface area contributed by atoms with Gasteiger partial charge in [-0.2, -0.15) is 0 Å². The maximum Gasteiger partial charge on any atom is 0.128 e. The van der Waals surface area contributed by atoms with Gasteiger partial charge in [0.15, 0.2) is 0 Å². The molecule has 2 N–H and O–H groups in total. The second-order valence-electron chi connectivity index (χ2n) is 4.27. The molecule has 0 aliphatic rings. The summed E-state index contributed by atoms with van der Waals surface area (Å²) in [6.45, 7) is 6.08. The second kappa shape index (κ2) is 7.25. The first-order valence-electron chi connectivity index (χ1n) is 6.20. The molecule has 0 aliphatic carbocycles. The number of rotatable bonds is 7. The van der Waals surface area contributed by atoms with Gasteiger partial charge in [-0.3, -0.25) is 0 Å². The van der Waals surface area contributed by atoms with Gasteiger partial charge in [0.25, 0.3) is 0 Å². The van der Waals surface area contributed by atoms with E-state index in [4.69, 9.17) is 5.11 Å². The van der Waals surface area contributed by atoms with Crippen molar-refractivity contribution in [3.8, 4) is 0 Å². The molecule has 0 aliphatic heterocycles. The van der Waals surface area contributed by atoms with Crippen molar-refractivity contribution < 1.29 is 5.11 Å². The summed E-state index contributed by atoms with van der Waals surface area (Å²) in [5, 5.41) is 12.4. The molecule has 1 rings (SSSR count). The zero-order valence-corrected chi connectivity index (χ0v) is 11.0. The highest BCUT2D eigenvalue weighted by Gasteiger charge is 2.07. The Balaban J connectivity index is 2.70. The van der Waals surface area contributed by atoms with E-state index in [1.165, 1.54) is 5.56 Å². The van der Waals surface area contributed by atoms with Gasteiger partial charge < -0.3 is 15.3 Å². The molecule has 0 saturated heterocycles. The number of aliphatic hydroxyl groups is 1. The van der Waals surface area contributed by atoms with Crippen LogP contribution in [0, 0.1) is 0 Å². The number of hydrogen-bond acceptors (Lipinski definition) is 4. The summed E-state index contributed by atoms with van der Waals surface area (Å²) in [6.07, 6.45) is 2.95. The van der Waals surface area contributed by atoms with Gasteiger partial charge >= 0.3 is 0 Å². The molecule has 0 spiro atoms. The van der Waals surface area contributed by atoms with Crippen molar-refractivity contribution in [1.29, 1.82) is 0 Å². The van der Waals surface area contributed by atoms with Crippen LogP contribution in [0.25, 0.3) is 0 Å². The van der Waals surface area contributed by atoms with Gasteiger partial charge in [0.1, 0.15) is 5.82 Å². The van der Waals surface area contributed by atoms with Crippen LogP contribution in [-0.4, -0.2) is 36.8 Å². The van der Waals surface area contributed by atoms with E-state index in [0.29, 0.717) is 12.6 Å². The molecular weight excluding hydrogens is 214 g/mol. The third-order valence-corrected chi connectivity index (χ3v) is 2.80. The molecule has 4 heteroatoms. The molecule has 1 atom stereocenters. The number of nitrogens with one attached hydrogen (secondary N) is 1. The average molecular weight is 237 g/mol. The van der Waals surface area contributed by atoms with Gasteiger partial charge in [0, 0.05) is 25.8 Å². The normalized spacial score (nSPS) is 12.5. The maximum atomic E-state index is 8.91. The van der Waals surface area contributed by atoms with Crippen molar-refractivity contribution in [1.82, 2.24) is 10.3 Å². The smallest absolute Gasteiger partial charge is 0.128 e. The summed E-state index contributed by atoms with van der Waals surface area (Å²) in [4.78, 5) is 6.26. The summed E-state index contributed by atoms with van der Waals surface area (Å²) in [5.74, 6) is 0.904. The van der Waals surface area contributed by atoms with Crippen molar-refractivity contribution in [3.05, 3.63) is 23.9 Å². The molecule has 0 bridgehead atoms. The minimum atomic E-state index is 0.145. The Bertz CT molecular complexity index is 330. The van der Waals surface area contributed by atoms with Crippen molar-refractivity contribution in [2.24, 2.45) is 0 Å². The van der Waals surface area contributed by atoms with Gasteiger partial charge in [-0.15, -0.1) is 0 Å². The third-order valence-electron chi connectivity index (χ3n) is 2.80. The molecule has 0 radical (unpaired) electrons. The number of likely N-dealkylation sites (N-methyl/N-ethyl adjacent to an activating group) is 1. The summed E-state index contributed by atoms with van der Waals surface area (Å²) in [6, 6.07) is 4.44. The largest absolute Gasteiger partial charge is 0.395 e. The maximum absolute atomic E-state index is 8.91. The highest BCUT2D eigenvalue weighted by Crippen LogP contribution is 2.17. The highest BCUT2D eigenvalue weighted by atomic mass is 16.3. The molecule has 4 nitrogen and oxygen atoms in total. The van der Waals surface area contributed by atoms with Crippen molar-refractivity contribution in [2.45, 2.75) is 26.3 Å². The topological polar surface area (TPSA) is 48.4 Å². The van der Waals surface area contributed by atoms with Crippen LogP contribution < -0.4 is 10.2 Å². The molecule has 0 aromatic carbocycles. The van der Waals surface area contributed by atoms with Crippen molar-refractivity contribution in [2.75, 3.05) is 31.6 Å². The van der Waals surface area contributed by atoms with Gasteiger partial charge in [0.2, 0.25) is 0 Å². The molecule has 0 amide bonds. The lowest BCUT2D eigenvalue weighted by atomic mass is 10.1. The van der Waals surface area contributed by atoms with E-state index < -0.39 is 0 Å². The fourth-order valence-electron chi connectivity index (χ4n) is 1.66. The molecule has 17 heavy (non-hydrogen) atoms. The monoisotopic (exact) mass is 237 g/mol. The number of hydrogen-bond donors (Lipinski definition) is 2.